The average molecular weight is 585 g/mol. The third-order valence-corrected chi connectivity index (χ3v) is 6.79. The maximum absolute atomic E-state index is 13.3. The lowest BCUT2D eigenvalue weighted by Crippen LogP contribution is -2.68. The minimum absolute atomic E-state index is 0.283. The standard InChI is InChI=1S/C26H33NO12S/c1-14(28)27-22-20(36-16(3)30)12-26(25(33)34-6,40-19-10-8-7-9-11-19)39-24(22)23(38-18(5)32)21(37-17(4)31)13-35-15(2)29/h7-11,20-24H,12-13H2,1-6H3,(H,27,28)/t20-,21+,22+,23+,24+,26-/m0/s1/i13+1. The van der Waals surface area contributed by atoms with Crippen molar-refractivity contribution >= 4 is 47.5 Å². The fraction of sp³-hybridized carbons (Fsp3) is 0.538. The highest BCUT2D eigenvalue weighted by Gasteiger charge is 2.58. The molecule has 1 aromatic carbocycles. The van der Waals surface area contributed by atoms with Crippen molar-refractivity contribution in [3.8, 4) is 0 Å². The summed E-state index contributed by atoms with van der Waals surface area (Å²) in [6.07, 6.45) is -5.98. The Labute approximate surface area is 235 Å². The van der Waals surface area contributed by atoms with E-state index in [2.05, 4.69) is 5.32 Å². The molecule has 0 spiro atoms. The number of carbonyl (C=O) groups is 6. The maximum atomic E-state index is 13.3. The third-order valence-electron chi connectivity index (χ3n) is 5.52. The molecule has 1 heterocycles. The monoisotopic (exact) mass is 584 g/mol. The van der Waals surface area contributed by atoms with E-state index in [4.69, 9.17) is 28.4 Å². The minimum atomic E-state index is -1.89. The summed E-state index contributed by atoms with van der Waals surface area (Å²) in [4.78, 5) is 72.3. The number of carbonyl (C=O) groups excluding carboxylic acids is 6. The highest BCUT2D eigenvalue weighted by Crippen LogP contribution is 2.45. The van der Waals surface area contributed by atoms with Gasteiger partial charge in [0.2, 0.25) is 10.8 Å². The Hall–Kier alpha value is -3.65. The maximum Gasteiger partial charge on any atom is 0.349 e. The molecule has 1 aliphatic rings. The van der Waals surface area contributed by atoms with Crippen LogP contribution in [0.2, 0.25) is 0 Å². The van der Waals surface area contributed by atoms with Crippen LogP contribution < -0.4 is 5.32 Å². The zero-order valence-corrected chi connectivity index (χ0v) is 23.8. The second-order valence-electron chi connectivity index (χ2n) is 8.84. The number of benzene rings is 1. The summed E-state index contributed by atoms with van der Waals surface area (Å²) in [6.45, 7) is 5.07. The second-order valence-corrected chi connectivity index (χ2v) is 10.2. The summed E-state index contributed by atoms with van der Waals surface area (Å²) < 4.78 is 32.9. The molecule has 2 rings (SSSR count). The number of rotatable bonds is 11. The van der Waals surface area contributed by atoms with Gasteiger partial charge in [0.25, 0.3) is 0 Å². The van der Waals surface area contributed by atoms with E-state index in [0.717, 1.165) is 46.6 Å². The van der Waals surface area contributed by atoms with Gasteiger partial charge in [0.05, 0.1) is 13.2 Å². The van der Waals surface area contributed by atoms with Crippen LogP contribution in [-0.4, -0.2) is 84.9 Å². The smallest absolute Gasteiger partial charge is 0.349 e. The number of nitrogens with one attached hydrogen (secondary N) is 1. The topological polar surface area (TPSA) is 170 Å². The second kappa shape index (κ2) is 14.7. The van der Waals surface area contributed by atoms with Gasteiger partial charge in [-0.3, -0.25) is 24.0 Å². The number of thioether (sulfide) groups is 1. The van der Waals surface area contributed by atoms with Gasteiger partial charge in [-0.25, -0.2) is 4.79 Å². The van der Waals surface area contributed by atoms with E-state index in [1.165, 1.54) is 6.92 Å². The molecular weight excluding hydrogens is 551 g/mol. The van der Waals surface area contributed by atoms with Crippen LogP contribution in [0.5, 0.6) is 0 Å². The lowest BCUT2D eigenvalue weighted by atomic mass is 9.90. The van der Waals surface area contributed by atoms with E-state index >= 15 is 0 Å². The normalized spacial score (nSPS) is 23.5. The van der Waals surface area contributed by atoms with Crippen LogP contribution in [0.15, 0.2) is 35.2 Å². The molecule has 1 amide bonds. The summed E-state index contributed by atoms with van der Waals surface area (Å²) >= 11 is 0.946. The highest BCUT2D eigenvalue weighted by molar-refractivity contribution is 8.01. The molecule has 14 heteroatoms. The Kier molecular flexibility index (Phi) is 11.9. The van der Waals surface area contributed by atoms with E-state index in [-0.39, 0.29) is 6.42 Å². The number of esters is 5. The Morgan fingerprint density at radius 1 is 0.950 bits per heavy atom. The molecule has 1 saturated heterocycles. The Morgan fingerprint density at radius 2 is 1.57 bits per heavy atom. The van der Waals surface area contributed by atoms with Crippen molar-refractivity contribution in [2.75, 3.05) is 13.7 Å². The summed E-state index contributed by atoms with van der Waals surface area (Å²) in [6, 6.07) is 7.43. The molecule has 1 N–H and O–H groups in total. The number of amides is 1. The largest absolute Gasteiger partial charge is 0.466 e. The SMILES string of the molecule is COC(=O)[C@@]1(Sc2ccccc2)C[C@H](OC(C)=O)[C@@H](NC(C)=O)[C@H]([C@H](OC(C)=O)[C@@H]([13CH2]OC(C)=O)OC(C)=O)O1. The van der Waals surface area contributed by atoms with Crippen molar-refractivity contribution in [1.82, 2.24) is 5.32 Å². The first-order chi connectivity index (χ1) is 18.8. The van der Waals surface area contributed by atoms with Gasteiger partial charge in [0.15, 0.2) is 12.2 Å². The molecule has 13 nitrogen and oxygen atoms in total. The third kappa shape index (κ3) is 9.23. The number of ether oxygens (including phenoxy) is 6. The molecule has 1 fully saturated rings. The van der Waals surface area contributed by atoms with Gasteiger partial charge in [-0.1, -0.05) is 30.0 Å². The van der Waals surface area contributed by atoms with E-state index in [9.17, 15) is 28.8 Å². The van der Waals surface area contributed by atoms with Crippen molar-refractivity contribution in [3.05, 3.63) is 30.3 Å². The molecule has 220 valence electrons. The first-order valence-electron chi connectivity index (χ1n) is 12.2. The minimum Gasteiger partial charge on any atom is -0.466 e. The van der Waals surface area contributed by atoms with Crippen molar-refractivity contribution in [1.29, 1.82) is 0 Å². The molecule has 0 radical (unpaired) electrons. The van der Waals surface area contributed by atoms with Crippen LogP contribution in [0.3, 0.4) is 0 Å². The van der Waals surface area contributed by atoms with E-state index in [0.29, 0.717) is 4.90 Å². The van der Waals surface area contributed by atoms with Crippen molar-refractivity contribution in [2.45, 2.75) is 81.3 Å². The molecule has 0 saturated carbocycles. The lowest BCUT2D eigenvalue weighted by molar-refractivity contribution is -0.224. The lowest BCUT2D eigenvalue weighted by Gasteiger charge is -2.48. The number of hydrogen-bond donors (Lipinski definition) is 1. The molecular formula is C26H33NO12S. The van der Waals surface area contributed by atoms with Gasteiger partial charge in [-0.15, -0.1) is 0 Å². The molecule has 1 aromatic rings. The van der Waals surface area contributed by atoms with E-state index in [1.807, 2.05) is 0 Å². The summed E-state index contributed by atoms with van der Waals surface area (Å²) in [5.41, 5.74) is 0. The molecule has 6 atom stereocenters. The highest BCUT2D eigenvalue weighted by atomic mass is 32.2. The quantitative estimate of drug-likeness (QED) is 0.224. The Bertz CT molecular complexity index is 1100. The summed E-state index contributed by atoms with van der Waals surface area (Å²) in [5, 5.41) is 2.63. The zero-order valence-electron chi connectivity index (χ0n) is 23.0. The van der Waals surface area contributed by atoms with Crippen LogP contribution in [0.4, 0.5) is 0 Å². The molecule has 0 unspecified atom stereocenters. The van der Waals surface area contributed by atoms with Gasteiger partial charge in [0, 0.05) is 45.9 Å². The molecule has 40 heavy (non-hydrogen) atoms. The molecule has 1 aliphatic heterocycles. The van der Waals surface area contributed by atoms with Gasteiger partial charge >= 0.3 is 29.8 Å². The molecule has 0 aliphatic carbocycles. The van der Waals surface area contributed by atoms with E-state index in [1.54, 1.807) is 30.3 Å². The van der Waals surface area contributed by atoms with Crippen LogP contribution in [-0.2, 0) is 57.2 Å². The van der Waals surface area contributed by atoms with E-state index < -0.39 is 77.8 Å². The van der Waals surface area contributed by atoms with Crippen molar-refractivity contribution in [2.24, 2.45) is 0 Å². The van der Waals surface area contributed by atoms with Gasteiger partial charge < -0.3 is 33.7 Å². The predicted molar refractivity (Wildman–Crippen MR) is 137 cm³/mol. The van der Waals surface area contributed by atoms with Gasteiger partial charge in [-0.2, -0.15) is 0 Å². The van der Waals surface area contributed by atoms with Gasteiger partial charge in [0.1, 0.15) is 18.8 Å². The number of hydrogen-bond acceptors (Lipinski definition) is 13. The van der Waals surface area contributed by atoms with Crippen molar-refractivity contribution < 1.29 is 57.2 Å². The van der Waals surface area contributed by atoms with Gasteiger partial charge in [-0.05, 0) is 12.1 Å². The Morgan fingerprint density at radius 3 is 2.08 bits per heavy atom. The predicted octanol–water partition coefficient (Wildman–Crippen LogP) is 1.30. The molecule has 0 bridgehead atoms. The first-order valence-corrected chi connectivity index (χ1v) is 13.0. The van der Waals surface area contributed by atoms with Crippen molar-refractivity contribution in [3.63, 3.8) is 0 Å². The fourth-order valence-corrected chi connectivity index (χ4v) is 5.43. The van der Waals surface area contributed by atoms with Crippen LogP contribution in [0.25, 0.3) is 0 Å². The first kappa shape index (κ1) is 32.6. The summed E-state index contributed by atoms with van der Waals surface area (Å²) in [7, 11) is 1.14. The number of methoxy groups -OCH3 is 1. The Balaban J connectivity index is 2.76. The zero-order chi connectivity index (χ0) is 30.0. The fourth-order valence-electron chi connectivity index (χ4n) is 4.18. The average Bonchev–Trinajstić information content (AvgIpc) is 2.85. The van der Waals surface area contributed by atoms with Crippen LogP contribution in [0, 0.1) is 0 Å². The molecule has 0 aromatic heterocycles. The summed E-state index contributed by atoms with van der Waals surface area (Å²) in [5.74, 6) is -4.54. The van der Waals surface area contributed by atoms with Crippen LogP contribution >= 0.6 is 11.8 Å². The van der Waals surface area contributed by atoms with Crippen LogP contribution in [0.1, 0.15) is 41.0 Å².